The van der Waals surface area contributed by atoms with Crippen LogP contribution in [0.1, 0.15) is 19.4 Å². The molecule has 1 fully saturated rings. The maximum Gasteiger partial charge on any atom is 0.318 e. The highest BCUT2D eigenvalue weighted by Gasteiger charge is 2.25. The van der Waals surface area contributed by atoms with Crippen LogP contribution in [0.3, 0.4) is 0 Å². The van der Waals surface area contributed by atoms with Crippen molar-refractivity contribution < 1.29 is 4.79 Å². The van der Waals surface area contributed by atoms with Gasteiger partial charge < -0.3 is 15.5 Å². The van der Waals surface area contributed by atoms with Gasteiger partial charge in [-0.3, -0.25) is 0 Å². The van der Waals surface area contributed by atoms with E-state index in [0.717, 1.165) is 31.7 Å². The fourth-order valence-electron chi connectivity index (χ4n) is 2.14. The molecule has 98 valence electrons. The normalized spacial score (nSPS) is 16.4. The molecule has 0 saturated carbocycles. The molecule has 0 bridgehead atoms. The molecule has 0 unspecified atom stereocenters. The second kappa shape index (κ2) is 5.40. The number of piperazine rings is 1. The SMILES string of the molecule is CC(C)(NC(=O)N1CCNCC1)c1ccccc1. The molecule has 4 nitrogen and oxygen atoms in total. The summed E-state index contributed by atoms with van der Waals surface area (Å²) in [5.74, 6) is 0. The standard InChI is InChI=1S/C14H21N3O/c1-14(2,12-6-4-3-5-7-12)16-13(18)17-10-8-15-9-11-17/h3-7,15H,8-11H2,1-2H3,(H,16,18). The highest BCUT2D eigenvalue weighted by atomic mass is 16.2. The van der Waals surface area contributed by atoms with Crippen molar-refractivity contribution in [3.8, 4) is 0 Å². The Bertz CT molecular complexity index is 397. The van der Waals surface area contributed by atoms with Crippen LogP contribution in [-0.2, 0) is 5.54 Å². The highest BCUT2D eigenvalue weighted by molar-refractivity contribution is 5.75. The molecule has 0 atom stereocenters. The lowest BCUT2D eigenvalue weighted by Gasteiger charge is -2.33. The van der Waals surface area contributed by atoms with Crippen molar-refractivity contribution in [1.82, 2.24) is 15.5 Å². The molecule has 1 aromatic carbocycles. The van der Waals surface area contributed by atoms with Crippen LogP contribution in [0.2, 0.25) is 0 Å². The van der Waals surface area contributed by atoms with E-state index < -0.39 is 0 Å². The lowest BCUT2D eigenvalue weighted by Crippen LogP contribution is -2.54. The summed E-state index contributed by atoms with van der Waals surface area (Å²) in [6.07, 6.45) is 0. The second-order valence-electron chi connectivity index (χ2n) is 5.16. The lowest BCUT2D eigenvalue weighted by atomic mass is 9.94. The van der Waals surface area contributed by atoms with Gasteiger partial charge in [0, 0.05) is 26.2 Å². The number of benzene rings is 1. The van der Waals surface area contributed by atoms with Crippen LogP contribution in [0.25, 0.3) is 0 Å². The van der Waals surface area contributed by atoms with Gasteiger partial charge in [-0.2, -0.15) is 0 Å². The summed E-state index contributed by atoms with van der Waals surface area (Å²) in [5, 5.41) is 6.34. The zero-order valence-corrected chi connectivity index (χ0v) is 11.1. The molecule has 4 heteroatoms. The van der Waals surface area contributed by atoms with Crippen LogP contribution in [0.15, 0.2) is 30.3 Å². The largest absolute Gasteiger partial charge is 0.329 e. The van der Waals surface area contributed by atoms with E-state index in [1.807, 2.05) is 49.1 Å². The number of rotatable bonds is 2. The zero-order chi connectivity index (χ0) is 13.0. The Balaban J connectivity index is 2.01. The number of nitrogens with one attached hydrogen (secondary N) is 2. The first kappa shape index (κ1) is 12.9. The number of hydrogen-bond acceptors (Lipinski definition) is 2. The maximum absolute atomic E-state index is 12.2. The van der Waals surface area contributed by atoms with Gasteiger partial charge >= 0.3 is 6.03 Å². The predicted molar refractivity (Wildman–Crippen MR) is 72.4 cm³/mol. The van der Waals surface area contributed by atoms with E-state index in [4.69, 9.17) is 0 Å². The van der Waals surface area contributed by atoms with Crippen molar-refractivity contribution in [2.45, 2.75) is 19.4 Å². The van der Waals surface area contributed by atoms with Gasteiger partial charge in [0.2, 0.25) is 0 Å². The first-order valence-corrected chi connectivity index (χ1v) is 6.43. The zero-order valence-electron chi connectivity index (χ0n) is 11.1. The minimum absolute atomic E-state index is 0.0188. The van der Waals surface area contributed by atoms with Crippen molar-refractivity contribution in [3.05, 3.63) is 35.9 Å². The first-order chi connectivity index (χ1) is 8.59. The predicted octanol–water partition coefficient (Wildman–Crippen LogP) is 1.54. The van der Waals surface area contributed by atoms with Gasteiger partial charge in [-0.05, 0) is 19.4 Å². The van der Waals surface area contributed by atoms with Gasteiger partial charge in [-0.1, -0.05) is 30.3 Å². The molecule has 1 heterocycles. The summed E-state index contributed by atoms with van der Waals surface area (Å²) in [7, 11) is 0. The summed E-state index contributed by atoms with van der Waals surface area (Å²) < 4.78 is 0. The summed E-state index contributed by atoms with van der Waals surface area (Å²) in [4.78, 5) is 14.0. The maximum atomic E-state index is 12.2. The fourth-order valence-corrected chi connectivity index (χ4v) is 2.14. The van der Waals surface area contributed by atoms with Crippen molar-refractivity contribution >= 4 is 6.03 Å². The third kappa shape index (κ3) is 3.01. The van der Waals surface area contributed by atoms with E-state index in [1.165, 1.54) is 0 Å². The number of urea groups is 1. The van der Waals surface area contributed by atoms with Crippen molar-refractivity contribution in [1.29, 1.82) is 0 Å². The van der Waals surface area contributed by atoms with Gasteiger partial charge in [0.25, 0.3) is 0 Å². The van der Waals surface area contributed by atoms with Crippen LogP contribution >= 0.6 is 0 Å². The average molecular weight is 247 g/mol. The van der Waals surface area contributed by atoms with E-state index in [9.17, 15) is 4.79 Å². The summed E-state index contributed by atoms with van der Waals surface area (Å²) in [6, 6.07) is 10.1. The Kier molecular flexibility index (Phi) is 3.87. The Morgan fingerprint density at radius 2 is 1.83 bits per heavy atom. The van der Waals surface area contributed by atoms with E-state index in [1.54, 1.807) is 0 Å². The number of carbonyl (C=O) groups excluding carboxylic acids is 1. The number of nitrogens with zero attached hydrogens (tertiary/aromatic N) is 1. The average Bonchev–Trinajstić information content (AvgIpc) is 2.40. The van der Waals surface area contributed by atoms with Crippen LogP contribution in [0.5, 0.6) is 0 Å². The quantitative estimate of drug-likeness (QED) is 0.832. The van der Waals surface area contributed by atoms with Crippen molar-refractivity contribution in [2.24, 2.45) is 0 Å². The summed E-state index contributed by atoms with van der Waals surface area (Å²) >= 11 is 0. The molecule has 2 N–H and O–H groups in total. The van der Waals surface area contributed by atoms with Gasteiger partial charge in [0.1, 0.15) is 0 Å². The molecule has 0 aliphatic carbocycles. The Morgan fingerprint density at radius 1 is 1.22 bits per heavy atom. The van der Waals surface area contributed by atoms with Crippen LogP contribution in [0, 0.1) is 0 Å². The molecule has 2 amide bonds. The summed E-state index contributed by atoms with van der Waals surface area (Å²) in [5.41, 5.74) is 0.775. The van der Waals surface area contributed by atoms with E-state index in [-0.39, 0.29) is 11.6 Å². The Morgan fingerprint density at radius 3 is 2.44 bits per heavy atom. The molecule has 18 heavy (non-hydrogen) atoms. The van der Waals surface area contributed by atoms with Crippen molar-refractivity contribution in [3.63, 3.8) is 0 Å². The Hall–Kier alpha value is -1.55. The van der Waals surface area contributed by atoms with E-state index in [0.29, 0.717) is 0 Å². The summed E-state index contributed by atoms with van der Waals surface area (Å²) in [6.45, 7) is 7.36. The monoisotopic (exact) mass is 247 g/mol. The molecular weight excluding hydrogens is 226 g/mol. The van der Waals surface area contributed by atoms with E-state index >= 15 is 0 Å². The molecule has 1 aromatic rings. The second-order valence-corrected chi connectivity index (χ2v) is 5.16. The minimum atomic E-state index is -0.344. The van der Waals surface area contributed by atoms with Crippen LogP contribution in [0.4, 0.5) is 4.79 Å². The first-order valence-electron chi connectivity index (χ1n) is 6.43. The van der Waals surface area contributed by atoms with E-state index in [2.05, 4.69) is 10.6 Å². The lowest BCUT2D eigenvalue weighted by molar-refractivity contribution is 0.179. The molecule has 1 aliphatic rings. The number of hydrogen-bond donors (Lipinski definition) is 2. The van der Waals surface area contributed by atoms with Crippen molar-refractivity contribution in [2.75, 3.05) is 26.2 Å². The molecule has 2 rings (SSSR count). The molecule has 1 aliphatic heterocycles. The fraction of sp³-hybridized carbons (Fsp3) is 0.500. The van der Waals surface area contributed by atoms with Crippen LogP contribution in [-0.4, -0.2) is 37.1 Å². The highest BCUT2D eigenvalue weighted by Crippen LogP contribution is 2.19. The molecule has 0 radical (unpaired) electrons. The third-order valence-electron chi connectivity index (χ3n) is 3.32. The Labute approximate surface area is 108 Å². The van der Waals surface area contributed by atoms with Gasteiger partial charge in [-0.25, -0.2) is 4.79 Å². The van der Waals surface area contributed by atoms with Gasteiger partial charge in [-0.15, -0.1) is 0 Å². The third-order valence-corrected chi connectivity index (χ3v) is 3.32. The number of amides is 2. The van der Waals surface area contributed by atoms with Gasteiger partial charge in [0.15, 0.2) is 0 Å². The molecule has 0 spiro atoms. The van der Waals surface area contributed by atoms with Gasteiger partial charge in [0.05, 0.1) is 5.54 Å². The topological polar surface area (TPSA) is 44.4 Å². The molecule has 0 aromatic heterocycles. The number of carbonyl (C=O) groups is 1. The van der Waals surface area contributed by atoms with Crippen LogP contribution < -0.4 is 10.6 Å². The molecular formula is C14H21N3O. The molecule has 1 saturated heterocycles. The smallest absolute Gasteiger partial charge is 0.318 e. The minimum Gasteiger partial charge on any atom is -0.329 e.